The first-order valence-electron chi connectivity index (χ1n) is 11.4. The number of nitrogens with two attached hydrogens (primary N) is 1. The number of primary amides is 1. The molecule has 3 N–H and O–H groups in total. The molecule has 0 radical (unpaired) electrons. The quantitative estimate of drug-likeness (QED) is 0.494. The van der Waals surface area contributed by atoms with Crippen LogP contribution in [-0.4, -0.2) is 44.8 Å². The fourth-order valence-electron chi connectivity index (χ4n) is 3.91. The Balaban J connectivity index is 1.52. The molecule has 0 bridgehead atoms. The number of carbonyl (C=O) groups is 2. The topological polar surface area (TPSA) is 125 Å². The molecule has 0 atom stereocenters. The van der Waals surface area contributed by atoms with E-state index in [1.54, 1.807) is 12.1 Å². The molecule has 0 aliphatic carbocycles. The highest BCUT2D eigenvalue weighted by molar-refractivity contribution is 7.93. The van der Waals surface area contributed by atoms with Gasteiger partial charge in [-0.15, -0.1) is 0 Å². The van der Waals surface area contributed by atoms with E-state index in [1.165, 1.54) is 12.1 Å². The van der Waals surface area contributed by atoms with Crippen LogP contribution in [0.15, 0.2) is 53.4 Å². The summed E-state index contributed by atoms with van der Waals surface area (Å²) in [6.45, 7) is 4.83. The highest BCUT2D eigenvalue weighted by Crippen LogP contribution is 2.35. The van der Waals surface area contributed by atoms with Gasteiger partial charge < -0.3 is 20.5 Å². The Labute approximate surface area is 200 Å². The van der Waals surface area contributed by atoms with Gasteiger partial charge in [0.1, 0.15) is 5.75 Å². The molecule has 1 aliphatic rings. The lowest BCUT2D eigenvalue weighted by atomic mass is 9.98. The van der Waals surface area contributed by atoms with E-state index in [0.717, 1.165) is 11.3 Å². The number of amides is 2. The van der Waals surface area contributed by atoms with Gasteiger partial charge in [-0.2, -0.15) is 0 Å². The Hall–Kier alpha value is -2.91. The third-order valence-corrected chi connectivity index (χ3v) is 8.58. The number of rotatable bonds is 10. The second-order valence-electron chi connectivity index (χ2n) is 8.73. The summed E-state index contributed by atoms with van der Waals surface area (Å²) in [5.41, 5.74) is 7.43. The SMILES string of the molecule is CC(C)c1cccc(NC(=O)CCCOc2ccc(S(=O)(=O)C3(C(N)=O)CCOCC3)cc2)c1. The normalized spacial score (nSPS) is 15.6. The van der Waals surface area contributed by atoms with Gasteiger partial charge in [0.15, 0.2) is 14.6 Å². The maximum Gasteiger partial charge on any atom is 0.239 e. The second-order valence-corrected chi connectivity index (χ2v) is 11.0. The minimum Gasteiger partial charge on any atom is -0.494 e. The lowest BCUT2D eigenvalue weighted by molar-refractivity contribution is -0.123. The summed E-state index contributed by atoms with van der Waals surface area (Å²) in [7, 11) is -3.98. The van der Waals surface area contributed by atoms with Gasteiger partial charge >= 0.3 is 0 Å². The molecule has 1 fully saturated rings. The molecule has 2 aromatic carbocycles. The van der Waals surface area contributed by atoms with E-state index in [2.05, 4.69) is 19.2 Å². The minimum absolute atomic E-state index is 0.0172. The molecule has 0 spiro atoms. The number of ether oxygens (including phenoxy) is 2. The van der Waals surface area contributed by atoms with Crippen molar-refractivity contribution in [2.24, 2.45) is 5.73 Å². The Morgan fingerprint density at radius 1 is 1.12 bits per heavy atom. The van der Waals surface area contributed by atoms with E-state index in [9.17, 15) is 18.0 Å². The van der Waals surface area contributed by atoms with Crippen LogP contribution in [0.25, 0.3) is 0 Å². The van der Waals surface area contributed by atoms with Crippen LogP contribution >= 0.6 is 0 Å². The van der Waals surface area contributed by atoms with Gasteiger partial charge in [-0.05, 0) is 67.1 Å². The van der Waals surface area contributed by atoms with Gasteiger partial charge in [-0.3, -0.25) is 9.59 Å². The van der Waals surface area contributed by atoms with Gasteiger partial charge in [0, 0.05) is 25.3 Å². The van der Waals surface area contributed by atoms with Crippen molar-refractivity contribution in [3.8, 4) is 5.75 Å². The predicted octanol–water partition coefficient (Wildman–Crippen LogP) is 3.42. The Kier molecular flexibility index (Phi) is 8.33. The standard InChI is InChI=1S/C25H32N2O6S/c1-18(2)19-5-3-6-20(17-19)27-23(28)7-4-14-33-21-8-10-22(11-9-21)34(30,31)25(24(26)29)12-15-32-16-13-25/h3,5-6,8-11,17-18H,4,7,12-16H2,1-2H3,(H2,26,29)(H,27,28). The van der Waals surface area contributed by atoms with Gasteiger partial charge in [0.05, 0.1) is 11.5 Å². The zero-order valence-corrected chi connectivity index (χ0v) is 20.4. The molecule has 1 saturated heterocycles. The molecule has 34 heavy (non-hydrogen) atoms. The second kappa shape index (κ2) is 11.0. The number of hydrogen-bond acceptors (Lipinski definition) is 6. The van der Waals surface area contributed by atoms with E-state index >= 15 is 0 Å². The van der Waals surface area contributed by atoms with Crippen LogP contribution in [-0.2, 0) is 24.2 Å². The van der Waals surface area contributed by atoms with Crippen molar-refractivity contribution in [1.29, 1.82) is 0 Å². The molecule has 1 aliphatic heterocycles. The molecule has 2 amide bonds. The smallest absolute Gasteiger partial charge is 0.239 e. The summed E-state index contributed by atoms with van der Waals surface area (Å²) in [5.74, 6) is -0.0989. The fourth-order valence-corrected chi connectivity index (χ4v) is 5.83. The number of nitrogens with one attached hydrogen (secondary N) is 1. The summed E-state index contributed by atoms with van der Waals surface area (Å²) < 4.78 is 35.6. The molecule has 0 aromatic heterocycles. The number of benzene rings is 2. The average molecular weight is 489 g/mol. The van der Waals surface area contributed by atoms with Crippen LogP contribution in [0.1, 0.15) is 51.0 Å². The number of sulfone groups is 1. The molecular weight excluding hydrogens is 456 g/mol. The number of carbonyl (C=O) groups excluding carboxylic acids is 2. The highest BCUT2D eigenvalue weighted by atomic mass is 32.2. The fraction of sp³-hybridized carbons (Fsp3) is 0.440. The number of anilines is 1. The molecule has 3 rings (SSSR count). The first kappa shape index (κ1) is 25.7. The maximum absolute atomic E-state index is 13.2. The van der Waals surface area contributed by atoms with Crippen LogP contribution in [0, 0.1) is 0 Å². The summed E-state index contributed by atoms with van der Waals surface area (Å²) in [6.07, 6.45) is 0.863. The molecule has 2 aromatic rings. The number of hydrogen-bond donors (Lipinski definition) is 2. The van der Waals surface area contributed by atoms with E-state index in [4.69, 9.17) is 15.2 Å². The monoisotopic (exact) mass is 488 g/mol. The van der Waals surface area contributed by atoms with E-state index < -0.39 is 20.5 Å². The van der Waals surface area contributed by atoms with Gasteiger partial charge in [0.2, 0.25) is 11.8 Å². The molecule has 9 heteroatoms. The van der Waals surface area contributed by atoms with Crippen LogP contribution in [0.4, 0.5) is 5.69 Å². The van der Waals surface area contributed by atoms with Crippen molar-refractivity contribution in [2.75, 3.05) is 25.1 Å². The van der Waals surface area contributed by atoms with Crippen LogP contribution in [0.3, 0.4) is 0 Å². The summed E-state index contributed by atoms with van der Waals surface area (Å²) in [4.78, 5) is 24.3. The van der Waals surface area contributed by atoms with Crippen molar-refractivity contribution in [2.45, 2.75) is 55.1 Å². The first-order chi connectivity index (χ1) is 16.2. The van der Waals surface area contributed by atoms with Crippen molar-refractivity contribution in [3.05, 3.63) is 54.1 Å². The van der Waals surface area contributed by atoms with E-state index in [0.29, 0.717) is 31.1 Å². The maximum atomic E-state index is 13.2. The largest absolute Gasteiger partial charge is 0.494 e. The molecule has 184 valence electrons. The minimum atomic E-state index is -3.98. The predicted molar refractivity (Wildman–Crippen MR) is 129 cm³/mol. The summed E-state index contributed by atoms with van der Waals surface area (Å²) in [6, 6.07) is 13.7. The van der Waals surface area contributed by atoms with Gasteiger partial charge in [0.25, 0.3) is 0 Å². The molecule has 0 saturated carbocycles. The Morgan fingerprint density at radius 2 is 1.79 bits per heavy atom. The molecule has 8 nitrogen and oxygen atoms in total. The van der Waals surface area contributed by atoms with Crippen molar-refractivity contribution >= 4 is 27.3 Å². The summed E-state index contributed by atoms with van der Waals surface area (Å²) >= 11 is 0. The molecule has 0 unspecified atom stereocenters. The van der Waals surface area contributed by atoms with E-state index in [-0.39, 0.29) is 36.9 Å². The van der Waals surface area contributed by atoms with Gasteiger partial charge in [-0.1, -0.05) is 26.0 Å². The third kappa shape index (κ3) is 5.77. The highest BCUT2D eigenvalue weighted by Gasteiger charge is 2.51. The summed E-state index contributed by atoms with van der Waals surface area (Å²) in [5, 5.41) is 2.90. The lowest BCUT2D eigenvalue weighted by Gasteiger charge is -2.33. The van der Waals surface area contributed by atoms with Crippen molar-refractivity contribution in [3.63, 3.8) is 0 Å². The van der Waals surface area contributed by atoms with E-state index in [1.807, 2.05) is 24.3 Å². The zero-order chi connectivity index (χ0) is 24.8. The molecular formula is C25H32N2O6S. The third-order valence-electron chi connectivity index (χ3n) is 6.05. The van der Waals surface area contributed by atoms with Crippen molar-refractivity contribution < 1.29 is 27.5 Å². The zero-order valence-electron chi connectivity index (χ0n) is 19.6. The molecule has 1 heterocycles. The van der Waals surface area contributed by atoms with Gasteiger partial charge in [-0.25, -0.2) is 8.42 Å². The Morgan fingerprint density at radius 3 is 2.41 bits per heavy atom. The van der Waals surface area contributed by atoms with Crippen molar-refractivity contribution in [1.82, 2.24) is 0 Å². The lowest BCUT2D eigenvalue weighted by Crippen LogP contribution is -2.53. The van der Waals surface area contributed by atoms with Crippen LogP contribution < -0.4 is 15.8 Å². The Bertz CT molecular complexity index is 1110. The first-order valence-corrected chi connectivity index (χ1v) is 12.9. The average Bonchev–Trinajstić information content (AvgIpc) is 2.82. The van der Waals surface area contributed by atoms with Crippen LogP contribution in [0.5, 0.6) is 5.75 Å². The van der Waals surface area contributed by atoms with Crippen LogP contribution in [0.2, 0.25) is 0 Å².